The van der Waals surface area contributed by atoms with Gasteiger partial charge in [0.15, 0.2) is 5.58 Å². The maximum Gasteiger partial charge on any atom is 0.419 e. The highest BCUT2D eigenvalue weighted by atomic mass is 16.4. The Kier molecular flexibility index (Phi) is 4.17. The Morgan fingerprint density at radius 3 is 2.79 bits per heavy atom. The van der Waals surface area contributed by atoms with Crippen LogP contribution in [0.1, 0.15) is 38.5 Å². The lowest BCUT2D eigenvalue weighted by atomic mass is 9.75. The van der Waals surface area contributed by atoms with Gasteiger partial charge in [0.25, 0.3) is 0 Å². The maximum atomic E-state index is 12.6. The fraction of sp³-hybridized carbons (Fsp3) is 0.579. The molecule has 4 rings (SSSR count). The molecule has 24 heavy (non-hydrogen) atoms. The van der Waals surface area contributed by atoms with Crippen molar-refractivity contribution < 1.29 is 9.21 Å². The molecule has 1 aromatic carbocycles. The number of aryl methyl sites for hydroxylation is 1. The number of hydrogen-bond donors (Lipinski definition) is 0. The molecular formula is C19H24N2O3. The van der Waals surface area contributed by atoms with Crippen LogP contribution in [0.3, 0.4) is 0 Å². The van der Waals surface area contributed by atoms with E-state index in [0.29, 0.717) is 24.5 Å². The molecule has 1 aliphatic carbocycles. The third kappa shape index (κ3) is 2.87. The zero-order valence-corrected chi connectivity index (χ0v) is 13.9. The van der Waals surface area contributed by atoms with Gasteiger partial charge in [0.05, 0.1) is 5.52 Å². The number of hydrogen-bond acceptors (Lipinski definition) is 3. The lowest BCUT2D eigenvalue weighted by Crippen LogP contribution is -2.45. The summed E-state index contributed by atoms with van der Waals surface area (Å²) in [7, 11) is 0. The minimum Gasteiger partial charge on any atom is -0.408 e. The Hall–Kier alpha value is -2.04. The first-order chi connectivity index (χ1) is 11.7. The molecule has 0 bridgehead atoms. The number of rotatable bonds is 3. The number of carbonyl (C=O) groups is 1. The van der Waals surface area contributed by atoms with Crippen molar-refractivity contribution >= 4 is 17.0 Å². The first-order valence-electron chi connectivity index (χ1n) is 9.08. The van der Waals surface area contributed by atoms with Crippen LogP contribution in [0.25, 0.3) is 11.1 Å². The van der Waals surface area contributed by atoms with Crippen molar-refractivity contribution in [1.82, 2.24) is 9.47 Å². The van der Waals surface area contributed by atoms with Crippen molar-refractivity contribution in [3.05, 3.63) is 34.8 Å². The summed E-state index contributed by atoms with van der Waals surface area (Å²) in [5.74, 6) is 1.29. The number of aromatic nitrogens is 1. The number of likely N-dealkylation sites (tertiary alicyclic amines) is 1. The predicted octanol–water partition coefficient (Wildman–Crippen LogP) is 3.02. The van der Waals surface area contributed by atoms with Gasteiger partial charge in [-0.15, -0.1) is 0 Å². The Balaban J connectivity index is 1.41. The molecule has 0 radical (unpaired) electrons. The Labute approximate surface area is 141 Å². The Morgan fingerprint density at radius 2 is 1.92 bits per heavy atom. The van der Waals surface area contributed by atoms with E-state index in [2.05, 4.69) is 0 Å². The van der Waals surface area contributed by atoms with Gasteiger partial charge in [-0.25, -0.2) is 4.79 Å². The number of amides is 1. The van der Waals surface area contributed by atoms with E-state index in [1.54, 1.807) is 10.6 Å². The van der Waals surface area contributed by atoms with Gasteiger partial charge in [0, 0.05) is 26.1 Å². The van der Waals surface area contributed by atoms with E-state index in [-0.39, 0.29) is 11.7 Å². The number of fused-ring (bicyclic) bond motifs is 2. The second-order valence-electron chi connectivity index (χ2n) is 7.17. The molecule has 1 aromatic heterocycles. The van der Waals surface area contributed by atoms with E-state index in [0.717, 1.165) is 30.9 Å². The molecule has 2 fully saturated rings. The Bertz CT molecular complexity index is 791. The fourth-order valence-corrected chi connectivity index (χ4v) is 4.42. The summed E-state index contributed by atoms with van der Waals surface area (Å²) in [5, 5.41) is 0. The molecule has 0 spiro atoms. The minimum absolute atomic E-state index is 0.163. The molecule has 1 saturated heterocycles. The summed E-state index contributed by atoms with van der Waals surface area (Å²) in [5.41, 5.74) is 1.35. The van der Waals surface area contributed by atoms with Crippen LogP contribution in [0.5, 0.6) is 0 Å². The SMILES string of the molecule is O=C(CCn1c(=O)oc2ccccc21)N1CC[C@@H]2CCCC[C@@H]2C1. The quantitative estimate of drug-likeness (QED) is 0.870. The summed E-state index contributed by atoms with van der Waals surface area (Å²) >= 11 is 0. The second kappa shape index (κ2) is 6.46. The zero-order chi connectivity index (χ0) is 16.5. The molecule has 2 heterocycles. The molecule has 0 unspecified atom stereocenters. The van der Waals surface area contributed by atoms with Gasteiger partial charge in [0.1, 0.15) is 0 Å². The van der Waals surface area contributed by atoms with Crippen LogP contribution in [-0.4, -0.2) is 28.5 Å². The highest BCUT2D eigenvalue weighted by Crippen LogP contribution is 2.36. The van der Waals surface area contributed by atoms with Crippen molar-refractivity contribution in [2.75, 3.05) is 13.1 Å². The number of nitrogens with zero attached hydrogens (tertiary/aromatic N) is 2. The van der Waals surface area contributed by atoms with Gasteiger partial charge in [-0.05, 0) is 36.8 Å². The van der Waals surface area contributed by atoms with Crippen molar-refractivity contribution in [2.45, 2.75) is 45.1 Å². The number of carbonyl (C=O) groups excluding carboxylic acids is 1. The first kappa shape index (κ1) is 15.5. The minimum atomic E-state index is -0.380. The smallest absolute Gasteiger partial charge is 0.408 e. The van der Waals surface area contributed by atoms with Gasteiger partial charge < -0.3 is 9.32 Å². The zero-order valence-electron chi connectivity index (χ0n) is 13.9. The summed E-state index contributed by atoms with van der Waals surface area (Å²) in [6.07, 6.45) is 6.76. The van der Waals surface area contributed by atoms with Crippen LogP contribution in [-0.2, 0) is 11.3 Å². The molecule has 2 atom stereocenters. The predicted molar refractivity (Wildman–Crippen MR) is 91.7 cm³/mol. The molecule has 2 aliphatic rings. The topological polar surface area (TPSA) is 55.5 Å². The third-order valence-electron chi connectivity index (χ3n) is 5.77. The van der Waals surface area contributed by atoms with Gasteiger partial charge in [-0.2, -0.15) is 0 Å². The largest absolute Gasteiger partial charge is 0.419 e. The van der Waals surface area contributed by atoms with E-state index in [9.17, 15) is 9.59 Å². The van der Waals surface area contributed by atoms with Crippen LogP contribution in [0.15, 0.2) is 33.5 Å². The second-order valence-corrected chi connectivity index (χ2v) is 7.17. The first-order valence-corrected chi connectivity index (χ1v) is 9.08. The number of para-hydroxylation sites is 2. The molecule has 1 saturated carbocycles. The van der Waals surface area contributed by atoms with E-state index in [4.69, 9.17) is 4.42 Å². The van der Waals surface area contributed by atoms with E-state index in [1.165, 1.54) is 25.7 Å². The molecule has 5 heteroatoms. The van der Waals surface area contributed by atoms with E-state index in [1.807, 2.05) is 23.1 Å². The number of oxazole rings is 1. The molecule has 5 nitrogen and oxygen atoms in total. The highest BCUT2D eigenvalue weighted by molar-refractivity contribution is 5.77. The lowest BCUT2D eigenvalue weighted by molar-refractivity contribution is -0.134. The number of benzene rings is 1. The van der Waals surface area contributed by atoms with Crippen molar-refractivity contribution in [2.24, 2.45) is 11.8 Å². The van der Waals surface area contributed by atoms with Crippen molar-refractivity contribution in [3.8, 4) is 0 Å². The molecular weight excluding hydrogens is 304 g/mol. The summed E-state index contributed by atoms with van der Waals surface area (Å²) in [6, 6.07) is 7.36. The van der Waals surface area contributed by atoms with Crippen LogP contribution in [0.4, 0.5) is 0 Å². The molecule has 1 aliphatic heterocycles. The average molecular weight is 328 g/mol. The van der Waals surface area contributed by atoms with Gasteiger partial charge >= 0.3 is 5.76 Å². The Morgan fingerprint density at radius 1 is 1.12 bits per heavy atom. The summed E-state index contributed by atoms with van der Waals surface area (Å²) in [4.78, 5) is 26.6. The van der Waals surface area contributed by atoms with Crippen LogP contribution < -0.4 is 5.76 Å². The monoisotopic (exact) mass is 328 g/mol. The number of piperidine rings is 1. The molecule has 2 aromatic rings. The van der Waals surface area contributed by atoms with Crippen molar-refractivity contribution in [3.63, 3.8) is 0 Å². The summed E-state index contributed by atoms with van der Waals surface area (Å²) < 4.78 is 6.80. The maximum absolute atomic E-state index is 12.6. The van der Waals surface area contributed by atoms with Crippen LogP contribution in [0.2, 0.25) is 0 Å². The van der Waals surface area contributed by atoms with Crippen LogP contribution in [0, 0.1) is 11.8 Å². The van der Waals surface area contributed by atoms with Gasteiger partial charge in [-0.1, -0.05) is 31.4 Å². The van der Waals surface area contributed by atoms with Gasteiger partial charge in [0.2, 0.25) is 5.91 Å². The fourth-order valence-electron chi connectivity index (χ4n) is 4.42. The summed E-state index contributed by atoms with van der Waals surface area (Å²) in [6.45, 7) is 2.17. The van der Waals surface area contributed by atoms with Gasteiger partial charge in [-0.3, -0.25) is 9.36 Å². The average Bonchev–Trinajstić information content (AvgIpc) is 2.94. The molecule has 0 N–H and O–H groups in total. The normalized spacial score (nSPS) is 24.1. The van der Waals surface area contributed by atoms with E-state index >= 15 is 0 Å². The molecule has 1 amide bonds. The van der Waals surface area contributed by atoms with Crippen molar-refractivity contribution in [1.29, 1.82) is 0 Å². The third-order valence-corrected chi connectivity index (χ3v) is 5.77. The van der Waals surface area contributed by atoms with Crippen LogP contribution >= 0.6 is 0 Å². The highest BCUT2D eigenvalue weighted by Gasteiger charge is 2.32. The lowest BCUT2D eigenvalue weighted by Gasteiger charge is -2.41. The standard InChI is InChI=1S/C19H24N2O3/c22-18(20-11-9-14-5-1-2-6-15(14)13-20)10-12-21-16-7-3-4-8-17(16)24-19(21)23/h3-4,7-8,14-15H,1-2,5-6,9-13H2/t14-,15+/m0/s1. The van der Waals surface area contributed by atoms with E-state index < -0.39 is 0 Å². The molecule has 128 valence electrons.